The number of ether oxygens (including phenoxy) is 1. The lowest BCUT2D eigenvalue weighted by Crippen LogP contribution is -2.46. The van der Waals surface area contributed by atoms with Gasteiger partial charge in [0.1, 0.15) is 6.10 Å². The summed E-state index contributed by atoms with van der Waals surface area (Å²) in [7, 11) is 0. The molecule has 3 atom stereocenters. The van der Waals surface area contributed by atoms with Gasteiger partial charge in [0.2, 0.25) is 5.91 Å². The molecule has 3 N–H and O–H groups in total. The van der Waals surface area contributed by atoms with Gasteiger partial charge in [-0.1, -0.05) is 281 Å². The maximum atomic E-state index is 13.3. The first kappa shape index (κ1) is 62.8. The summed E-state index contributed by atoms with van der Waals surface area (Å²) in [6.07, 6.45) is 64.6. The zero-order chi connectivity index (χ0) is 47.4. The second-order valence-corrected chi connectivity index (χ2v) is 19.4. The van der Waals surface area contributed by atoms with Crippen LogP contribution in [0.5, 0.6) is 0 Å². The van der Waals surface area contributed by atoms with E-state index in [2.05, 4.69) is 50.4 Å². The Kier molecular flexibility index (Phi) is 51.0. The highest BCUT2D eigenvalue weighted by Crippen LogP contribution is 2.19. The Hall–Kier alpha value is -2.18. The predicted molar refractivity (Wildman–Crippen MR) is 282 cm³/mol. The molecule has 0 fully saturated rings. The van der Waals surface area contributed by atoms with E-state index in [9.17, 15) is 19.8 Å². The van der Waals surface area contributed by atoms with E-state index >= 15 is 0 Å². The molecule has 0 aliphatic heterocycles. The zero-order valence-corrected chi connectivity index (χ0v) is 43.4. The van der Waals surface area contributed by atoms with Gasteiger partial charge in [-0.25, -0.2) is 0 Å². The van der Waals surface area contributed by atoms with E-state index in [0.717, 1.165) is 64.2 Å². The van der Waals surface area contributed by atoms with E-state index in [1.54, 1.807) is 0 Å². The Balaban J connectivity index is 4.54. The van der Waals surface area contributed by atoms with Crippen LogP contribution in [0.1, 0.15) is 290 Å². The summed E-state index contributed by atoms with van der Waals surface area (Å²) in [5, 5.41) is 23.9. The molecule has 6 heteroatoms. The second-order valence-electron chi connectivity index (χ2n) is 19.4. The third kappa shape index (κ3) is 48.1. The van der Waals surface area contributed by atoms with Crippen LogP contribution in [0, 0.1) is 0 Å². The van der Waals surface area contributed by atoms with E-state index in [0.29, 0.717) is 19.3 Å². The summed E-state index contributed by atoms with van der Waals surface area (Å²) >= 11 is 0. The van der Waals surface area contributed by atoms with Crippen LogP contribution < -0.4 is 5.32 Å². The highest BCUT2D eigenvalue weighted by Gasteiger charge is 2.24. The molecule has 0 aromatic carbocycles. The van der Waals surface area contributed by atoms with E-state index in [1.807, 2.05) is 24.3 Å². The fourth-order valence-corrected chi connectivity index (χ4v) is 8.74. The van der Waals surface area contributed by atoms with Crippen LogP contribution in [-0.2, 0) is 14.3 Å². The maximum absolute atomic E-state index is 13.3. The van der Waals surface area contributed by atoms with Gasteiger partial charge < -0.3 is 20.3 Å². The Labute approximate surface area is 404 Å². The first-order valence-electron chi connectivity index (χ1n) is 28.4. The topological polar surface area (TPSA) is 95.9 Å². The third-order valence-corrected chi connectivity index (χ3v) is 13.0. The van der Waals surface area contributed by atoms with Crippen molar-refractivity contribution in [3.8, 4) is 0 Å². The normalized spacial score (nSPS) is 13.5. The molecule has 0 heterocycles. The number of esters is 1. The molecule has 0 radical (unpaired) electrons. The lowest BCUT2D eigenvalue weighted by Gasteiger charge is -2.24. The minimum atomic E-state index is -0.794. The number of nitrogens with one attached hydrogen (secondary N) is 1. The van der Waals surface area contributed by atoms with Crippen molar-refractivity contribution >= 4 is 11.9 Å². The molecule has 65 heavy (non-hydrogen) atoms. The number of carbonyl (C=O) groups is 2. The van der Waals surface area contributed by atoms with E-state index < -0.39 is 18.2 Å². The van der Waals surface area contributed by atoms with Gasteiger partial charge in [-0.3, -0.25) is 9.59 Å². The molecule has 0 aromatic rings. The number of hydrogen-bond acceptors (Lipinski definition) is 5. The quantitative estimate of drug-likeness (QED) is 0.0321. The smallest absolute Gasteiger partial charge is 0.306 e. The monoisotopic (exact) mass is 912 g/mol. The molecule has 0 saturated carbocycles. The molecule has 0 spiro atoms. The minimum absolute atomic E-state index is 0.0647. The van der Waals surface area contributed by atoms with E-state index in [4.69, 9.17) is 4.74 Å². The molecule has 0 aliphatic carbocycles. The molecule has 0 aliphatic rings. The Morgan fingerprint density at radius 2 is 0.831 bits per heavy atom. The molecule has 0 bridgehead atoms. The van der Waals surface area contributed by atoms with E-state index in [-0.39, 0.29) is 24.9 Å². The highest BCUT2D eigenvalue weighted by atomic mass is 16.5. The fraction of sp³-hybridized carbons (Fsp3) is 0.831. The van der Waals surface area contributed by atoms with Crippen LogP contribution in [0.3, 0.4) is 0 Å². The Morgan fingerprint density at radius 3 is 1.25 bits per heavy atom. The van der Waals surface area contributed by atoms with Gasteiger partial charge in [-0.2, -0.15) is 0 Å². The minimum Gasteiger partial charge on any atom is -0.462 e. The number of hydrogen-bond donors (Lipinski definition) is 3. The lowest BCUT2D eigenvalue weighted by molar-refractivity contribution is -0.151. The fourth-order valence-electron chi connectivity index (χ4n) is 8.74. The van der Waals surface area contributed by atoms with Crippen molar-refractivity contribution in [2.24, 2.45) is 0 Å². The molecular weight excluding hydrogens is 803 g/mol. The van der Waals surface area contributed by atoms with Crippen LogP contribution in [0.4, 0.5) is 0 Å². The lowest BCUT2D eigenvalue weighted by atomic mass is 10.0. The van der Waals surface area contributed by atoms with Crippen molar-refractivity contribution in [3.63, 3.8) is 0 Å². The molecule has 0 saturated heterocycles. The molecule has 1 amide bonds. The summed E-state index contributed by atoms with van der Waals surface area (Å²) < 4.78 is 5.94. The summed E-state index contributed by atoms with van der Waals surface area (Å²) in [6.45, 7) is 6.37. The first-order valence-corrected chi connectivity index (χ1v) is 28.4. The summed E-state index contributed by atoms with van der Waals surface area (Å²) in [5.74, 6) is -0.507. The number of rotatable bonds is 51. The molecule has 0 rings (SSSR count). The molecular formula is C59H109NO5. The highest BCUT2D eigenvalue weighted by molar-refractivity contribution is 5.77. The van der Waals surface area contributed by atoms with Crippen molar-refractivity contribution in [2.75, 3.05) is 6.61 Å². The van der Waals surface area contributed by atoms with Crippen LogP contribution in [0.2, 0.25) is 0 Å². The molecule has 6 nitrogen and oxygen atoms in total. The standard InChI is InChI=1S/C59H109NO5/c1-4-7-10-13-16-19-22-25-27-29-31-34-36-39-42-45-48-51-57(62)56(54-61)60-58(63)53-55(50-47-44-41-38-35-33-30-28-26-23-20-17-14-11-8-5-2)65-59(64)52-49-46-43-40-37-32-24-21-18-15-12-9-6-3/h9,12,15,18,21,24,32,37,55-57,61-62H,4-8,10-11,13-14,16-17,19-20,22-23,25-31,33-36,38-54H2,1-3H3,(H,60,63)/b12-9+,18-15+,24-21-,37-32-. The number of carbonyl (C=O) groups excluding carboxylic acids is 2. The summed E-state index contributed by atoms with van der Waals surface area (Å²) in [6, 6.07) is -0.709. The van der Waals surface area contributed by atoms with Crippen LogP contribution in [-0.4, -0.2) is 46.9 Å². The molecule has 3 unspecified atom stereocenters. The van der Waals surface area contributed by atoms with Crippen molar-refractivity contribution in [1.82, 2.24) is 5.32 Å². The summed E-state index contributed by atoms with van der Waals surface area (Å²) in [5.41, 5.74) is 0. The van der Waals surface area contributed by atoms with Crippen LogP contribution in [0.15, 0.2) is 48.6 Å². The van der Waals surface area contributed by atoms with Gasteiger partial charge in [0, 0.05) is 6.42 Å². The van der Waals surface area contributed by atoms with E-state index in [1.165, 1.54) is 180 Å². The number of aliphatic hydroxyl groups is 2. The average Bonchev–Trinajstić information content (AvgIpc) is 3.30. The number of unbranched alkanes of at least 4 members (excludes halogenated alkanes) is 34. The van der Waals surface area contributed by atoms with Gasteiger partial charge >= 0.3 is 5.97 Å². The van der Waals surface area contributed by atoms with Crippen molar-refractivity contribution in [2.45, 2.75) is 309 Å². The first-order chi connectivity index (χ1) is 32.0. The van der Waals surface area contributed by atoms with Crippen LogP contribution in [0.25, 0.3) is 0 Å². The SMILES string of the molecule is CC/C=C/C=C/C=C\C=C/CCCCCC(=O)OC(CCCCCCCCCCCCCCCCCC)CC(=O)NC(CO)C(O)CCCCCCCCCCCCCCCCCCC. The Morgan fingerprint density at radius 1 is 0.462 bits per heavy atom. The largest absolute Gasteiger partial charge is 0.462 e. The van der Waals surface area contributed by atoms with Crippen LogP contribution >= 0.6 is 0 Å². The van der Waals surface area contributed by atoms with Gasteiger partial charge in [0.05, 0.1) is 25.2 Å². The van der Waals surface area contributed by atoms with Crippen molar-refractivity contribution < 1.29 is 24.5 Å². The van der Waals surface area contributed by atoms with Gasteiger partial charge in [0.15, 0.2) is 0 Å². The number of allylic oxidation sites excluding steroid dienone is 8. The number of amides is 1. The zero-order valence-electron chi connectivity index (χ0n) is 43.4. The van der Waals surface area contributed by atoms with Gasteiger partial charge in [-0.05, 0) is 44.9 Å². The number of aliphatic hydroxyl groups excluding tert-OH is 2. The van der Waals surface area contributed by atoms with Crippen molar-refractivity contribution in [3.05, 3.63) is 48.6 Å². The average molecular weight is 913 g/mol. The third-order valence-electron chi connectivity index (χ3n) is 13.0. The van der Waals surface area contributed by atoms with Gasteiger partial charge in [0.25, 0.3) is 0 Å². The Bertz CT molecular complexity index is 1110. The maximum Gasteiger partial charge on any atom is 0.306 e. The van der Waals surface area contributed by atoms with Crippen molar-refractivity contribution in [1.29, 1.82) is 0 Å². The molecule has 380 valence electrons. The van der Waals surface area contributed by atoms with Gasteiger partial charge in [-0.15, -0.1) is 0 Å². The molecule has 0 aromatic heterocycles. The summed E-state index contributed by atoms with van der Waals surface area (Å²) in [4.78, 5) is 26.2. The predicted octanol–water partition coefficient (Wildman–Crippen LogP) is 17.4. The second kappa shape index (κ2) is 52.8.